The average molecular weight is 879 g/mol. The maximum absolute atomic E-state index is 2.46. The molecule has 0 unspecified atom stereocenters. The van der Waals surface area contributed by atoms with Crippen LogP contribution in [0.2, 0.25) is 0 Å². The molecule has 0 saturated heterocycles. The van der Waals surface area contributed by atoms with Gasteiger partial charge in [0.15, 0.2) is 0 Å². The minimum absolute atomic E-state index is 0.516. The van der Waals surface area contributed by atoms with Gasteiger partial charge in [0.2, 0.25) is 0 Å². The first-order valence-corrected chi connectivity index (χ1v) is 23.8. The molecule has 0 atom stereocenters. The fourth-order valence-electron chi connectivity index (χ4n) is 11.2. The maximum atomic E-state index is 2.46. The van der Waals surface area contributed by atoms with Gasteiger partial charge < -0.3 is 9.47 Å². The first kappa shape index (κ1) is 40.3. The first-order chi connectivity index (χ1) is 34.2. The van der Waals surface area contributed by atoms with Gasteiger partial charge in [-0.1, -0.05) is 218 Å². The molecule has 69 heavy (non-hydrogen) atoms. The number of anilines is 3. The summed E-state index contributed by atoms with van der Waals surface area (Å²) in [5, 5.41) is 2.48. The topological polar surface area (TPSA) is 8.17 Å². The van der Waals surface area contributed by atoms with Gasteiger partial charge in [0.25, 0.3) is 0 Å². The van der Waals surface area contributed by atoms with E-state index in [1.165, 1.54) is 71.9 Å². The summed E-state index contributed by atoms with van der Waals surface area (Å²) in [6, 6.07) is 102. The van der Waals surface area contributed by atoms with Gasteiger partial charge in [-0.05, 0) is 122 Å². The van der Waals surface area contributed by atoms with Gasteiger partial charge in [-0.25, -0.2) is 0 Å². The van der Waals surface area contributed by atoms with E-state index < -0.39 is 5.41 Å². The smallest absolute Gasteiger partial charge is 0.0714 e. The molecule has 0 amide bonds. The zero-order valence-electron chi connectivity index (χ0n) is 38.0. The van der Waals surface area contributed by atoms with Gasteiger partial charge in [0, 0.05) is 33.4 Å². The van der Waals surface area contributed by atoms with Crippen molar-refractivity contribution in [1.29, 1.82) is 0 Å². The molecule has 1 aromatic heterocycles. The Balaban J connectivity index is 0.960. The normalized spacial score (nSPS) is 12.5. The number of hydrogen-bond donors (Lipinski definition) is 0. The highest BCUT2D eigenvalue weighted by Crippen LogP contribution is 2.57. The lowest BCUT2D eigenvalue weighted by Crippen LogP contribution is -2.28. The van der Waals surface area contributed by atoms with E-state index >= 15 is 0 Å². The predicted molar refractivity (Wildman–Crippen MR) is 289 cm³/mol. The Morgan fingerprint density at radius 1 is 0.290 bits per heavy atom. The minimum atomic E-state index is -0.516. The van der Waals surface area contributed by atoms with Crippen molar-refractivity contribution >= 4 is 38.9 Å². The van der Waals surface area contributed by atoms with E-state index in [1.807, 2.05) is 0 Å². The molecule has 12 aromatic rings. The second-order valence-electron chi connectivity index (χ2n) is 18.0. The first-order valence-electron chi connectivity index (χ1n) is 23.8. The van der Waals surface area contributed by atoms with Crippen LogP contribution in [0.1, 0.15) is 22.3 Å². The molecule has 2 heteroatoms. The van der Waals surface area contributed by atoms with E-state index in [9.17, 15) is 0 Å². The molecular formula is C67H46N2. The number of fused-ring (bicyclic) bond motifs is 6. The van der Waals surface area contributed by atoms with Crippen LogP contribution < -0.4 is 4.90 Å². The Kier molecular flexibility index (Phi) is 9.77. The summed E-state index contributed by atoms with van der Waals surface area (Å²) >= 11 is 0. The molecule has 0 saturated carbocycles. The molecule has 0 bridgehead atoms. The van der Waals surface area contributed by atoms with Crippen molar-refractivity contribution in [2.45, 2.75) is 5.41 Å². The highest BCUT2D eigenvalue weighted by Gasteiger charge is 2.46. The Morgan fingerprint density at radius 2 is 0.841 bits per heavy atom. The Hall–Kier alpha value is -8.98. The second kappa shape index (κ2) is 16.7. The molecular weight excluding hydrogens is 833 g/mol. The minimum Gasteiger partial charge on any atom is -0.310 e. The molecule has 0 radical (unpaired) electrons. The van der Waals surface area contributed by atoms with E-state index in [0.717, 1.165) is 39.4 Å². The van der Waals surface area contributed by atoms with Crippen molar-refractivity contribution in [3.63, 3.8) is 0 Å². The zero-order valence-corrected chi connectivity index (χ0v) is 38.0. The Bertz CT molecular complexity index is 3790. The van der Waals surface area contributed by atoms with Crippen molar-refractivity contribution in [3.05, 3.63) is 301 Å². The zero-order chi connectivity index (χ0) is 45.7. The monoisotopic (exact) mass is 878 g/mol. The van der Waals surface area contributed by atoms with Gasteiger partial charge in [0.05, 0.1) is 22.1 Å². The molecule has 2 nitrogen and oxygen atoms in total. The molecule has 1 aliphatic rings. The van der Waals surface area contributed by atoms with Crippen LogP contribution >= 0.6 is 0 Å². The van der Waals surface area contributed by atoms with Crippen molar-refractivity contribution in [3.8, 4) is 50.2 Å². The lowest BCUT2D eigenvalue weighted by Gasteiger charge is -2.35. The van der Waals surface area contributed by atoms with Gasteiger partial charge in [-0.15, -0.1) is 0 Å². The van der Waals surface area contributed by atoms with Crippen LogP contribution in [-0.2, 0) is 5.41 Å². The number of aromatic nitrogens is 1. The summed E-state index contributed by atoms with van der Waals surface area (Å²) in [4.78, 5) is 2.44. The van der Waals surface area contributed by atoms with Crippen LogP contribution in [-0.4, -0.2) is 4.57 Å². The molecule has 0 N–H and O–H groups in total. The van der Waals surface area contributed by atoms with Gasteiger partial charge in [-0.2, -0.15) is 0 Å². The quantitative estimate of drug-likeness (QED) is 0.140. The van der Waals surface area contributed by atoms with Crippen molar-refractivity contribution in [1.82, 2.24) is 4.57 Å². The number of nitrogens with zero attached hydrogens (tertiary/aromatic N) is 2. The summed E-state index contributed by atoms with van der Waals surface area (Å²) in [7, 11) is 0. The summed E-state index contributed by atoms with van der Waals surface area (Å²) in [5.74, 6) is 0. The van der Waals surface area contributed by atoms with Crippen LogP contribution in [0.5, 0.6) is 0 Å². The van der Waals surface area contributed by atoms with E-state index in [1.54, 1.807) is 0 Å². The van der Waals surface area contributed by atoms with Crippen LogP contribution in [0.4, 0.5) is 17.1 Å². The molecule has 1 heterocycles. The molecule has 324 valence electrons. The number of para-hydroxylation sites is 3. The summed E-state index contributed by atoms with van der Waals surface area (Å²) in [6.45, 7) is 0. The van der Waals surface area contributed by atoms with Crippen molar-refractivity contribution in [2.24, 2.45) is 0 Å². The molecule has 0 spiro atoms. The highest BCUT2D eigenvalue weighted by atomic mass is 15.1. The Morgan fingerprint density at radius 3 is 1.61 bits per heavy atom. The highest BCUT2D eigenvalue weighted by molar-refractivity contribution is 6.10. The van der Waals surface area contributed by atoms with Gasteiger partial charge in [0.1, 0.15) is 0 Å². The molecule has 0 fully saturated rings. The SMILES string of the molecule is c1ccc(-c2cccc(-n3c4ccccc4c4ccc(-c5cccc(-c6ccccc6N(c6ccccc6)c6ccc7c(c6)C(c6ccccc6)(c6ccccc6)c6ccccc6-7)c5)cc43)c2)cc1. The third-order valence-electron chi connectivity index (χ3n) is 14.3. The Labute approximate surface area is 403 Å². The second-order valence-corrected chi connectivity index (χ2v) is 18.0. The van der Waals surface area contributed by atoms with Crippen LogP contribution in [0.3, 0.4) is 0 Å². The predicted octanol–water partition coefficient (Wildman–Crippen LogP) is 17.6. The van der Waals surface area contributed by atoms with Crippen molar-refractivity contribution < 1.29 is 0 Å². The molecule has 11 aromatic carbocycles. The molecule has 13 rings (SSSR count). The third kappa shape index (κ3) is 6.64. The van der Waals surface area contributed by atoms with E-state index in [0.29, 0.717) is 0 Å². The van der Waals surface area contributed by atoms with Crippen LogP contribution in [0.15, 0.2) is 279 Å². The number of rotatable bonds is 9. The van der Waals surface area contributed by atoms with E-state index in [-0.39, 0.29) is 0 Å². The van der Waals surface area contributed by atoms with Gasteiger partial charge in [-0.3, -0.25) is 0 Å². The third-order valence-corrected chi connectivity index (χ3v) is 14.3. The largest absolute Gasteiger partial charge is 0.310 e. The lowest BCUT2D eigenvalue weighted by molar-refractivity contribution is 0.768. The fourth-order valence-corrected chi connectivity index (χ4v) is 11.2. The fraction of sp³-hybridized carbons (Fsp3) is 0.0149. The van der Waals surface area contributed by atoms with Gasteiger partial charge >= 0.3 is 0 Å². The summed E-state index contributed by atoms with van der Waals surface area (Å²) in [5.41, 5.74) is 21.0. The van der Waals surface area contributed by atoms with Crippen LogP contribution in [0.25, 0.3) is 72.0 Å². The van der Waals surface area contributed by atoms with Crippen molar-refractivity contribution in [2.75, 3.05) is 4.90 Å². The lowest BCUT2D eigenvalue weighted by atomic mass is 9.67. The van der Waals surface area contributed by atoms with E-state index in [2.05, 4.69) is 289 Å². The van der Waals surface area contributed by atoms with E-state index in [4.69, 9.17) is 0 Å². The molecule has 1 aliphatic carbocycles. The molecule has 0 aliphatic heterocycles. The number of benzene rings is 11. The van der Waals surface area contributed by atoms with Crippen LogP contribution in [0, 0.1) is 0 Å². The summed E-state index contributed by atoms with van der Waals surface area (Å²) in [6.07, 6.45) is 0. The summed E-state index contributed by atoms with van der Waals surface area (Å²) < 4.78 is 2.43. The average Bonchev–Trinajstić information content (AvgIpc) is 3.92. The number of hydrogen-bond acceptors (Lipinski definition) is 1. The maximum Gasteiger partial charge on any atom is 0.0714 e. The standard InChI is InChI=1S/C67H46N2/c1-5-21-47(22-6-1)49-24-20-32-55(44-49)69-65-38-18-15-35-60(65)61-41-39-50(45-66(61)69)48-23-19-25-51(43-48)57-33-14-17-37-64(57)68(54-30-11-4-12-31-54)56-40-42-59-58-34-13-16-36-62(58)67(63(59)46-56,52-26-7-2-8-27-52)53-28-9-3-10-29-53/h1-46H.